The van der Waals surface area contributed by atoms with Crippen molar-refractivity contribution in [2.75, 3.05) is 37.6 Å². The molecule has 2 fully saturated rings. The lowest BCUT2D eigenvalue weighted by Crippen LogP contribution is -2.53. The van der Waals surface area contributed by atoms with Gasteiger partial charge in [0.15, 0.2) is 0 Å². The standard InChI is InChI=1S/C19H26BrN5O/c20-16-5-6-17(22-13-16)25-11-9-24(10-12-25)14-18(26)23-19(15-21)7-3-1-2-4-8-19/h5-6,13H,1-4,7-12,14H2,(H,23,26). The molecule has 0 spiro atoms. The lowest BCUT2D eigenvalue weighted by molar-refractivity contribution is -0.123. The van der Waals surface area contributed by atoms with Gasteiger partial charge in [0.1, 0.15) is 11.4 Å². The molecule has 1 saturated heterocycles. The number of amides is 1. The summed E-state index contributed by atoms with van der Waals surface area (Å²) in [5, 5.41) is 12.7. The zero-order valence-electron chi connectivity index (χ0n) is 15.1. The van der Waals surface area contributed by atoms with Crippen LogP contribution >= 0.6 is 15.9 Å². The topological polar surface area (TPSA) is 72.3 Å². The molecule has 2 aliphatic rings. The van der Waals surface area contributed by atoms with Crippen LogP contribution in [0.4, 0.5) is 5.82 Å². The molecule has 2 heterocycles. The molecule has 140 valence electrons. The molecule has 0 bridgehead atoms. The van der Waals surface area contributed by atoms with Gasteiger partial charge in [0, 0.05) is 36.8 Å². The van der Waals surface area contributed by atoms with Crippen molar-refractivity contribution in [1.82, 2.24) is 15.2 Å². The number of nitrogens with one attached hydrogen (secondary N) is 1. The van der Waals surface area contributed by atoms with Crippen LogP contribution in [0.15, 0.2) is 22.8 Å². The van der Waals surface area contributed by atoms with Gasteiger partial charge in [-0.25, -0.2) is 4.98 Å². The van der Waals surface area contributed by atoms with Gasteiger partial charge in [-0.1, -0.05) is 25.7 Å². The number of pyridine rings is 1. The number of anilines is 1. The van der Waals surface area contributed by atoms with Gasteiger partial charge in [-0.2, -0.15) is 5.26 Å². The number of hydrogen-bond donors (Lipinski definition) is 1. The average Bonchev–Trinajstić information content (AvgIpc) is 2.89. The van der Waals surface area contributed by atoms with Gasteiger partial charge >= 0.3 is 0 Å². The second-order valence-electron chi connectivity index (χ2n) is 7.25. The molecule has 1 saturated carbocycles. The first-order valence-electron chi connectivity index (χ1n) is 9.41. The monoisotopic (exact) mass is 419 g/mol. The van der Waals surface area contributed by atoms with Crippen LogP contribution in [0.2, 0.25) is 0 Å². The molecule has 3 rings (SSSR count). The van der Waals surface area contributed by atoms with Gasteiger partial charge in [-0.05, 0) is 40.9 Å². The van der Waals surface area contributed by atoms with E-state index in [0.29, 0.717) is 6.54 Å². The van der Waals surface area contributed by atoms with E-state index in [0.717, 1.165) is 75.0 Å². The third-order valence-electron chi connectivity index (χ3n) is 5.33. The highest BCUT2D eigenvalue weighted by Gasteiger charge is 2.33. The van der Waals surface area contributed by atoms with Crippen molar-refractivity contribution >= 4 is 27.7 Å². The number of halogens is 1. The summed E-state index contributed by atoms with van der Waals surface area (Å²) in [5.74, 6) is 0.947. The largest absolute Gasteiger partial charge is 0.354 e. The third kappa shape index (κ3) is 4.95. The molecule has 1 aliphatic heterocycles. The van der Waals surface area contributed by atoms with Crippen molar-refractivity contribution in [3.05, 3.63) is 22.8 Å². The van der Waals surface area contributed by atoms with Crippen molar-refractivity contribution < 1.29 is 4.79 Å². The molecular weight excluding hydrogens is 394 g/mol. The Hall–Kier alpha value is -1.65. The molecule has 0 unspecified atom stereocenters. The molecule has 1 aromatic rings. The summed E-state index contributed by atoms with van der Waals surface area (Å²) in [6, 6.07) is 6.39. The summed E-state index contributed by atoms with van der Waals surface area (Å²) in [6.07, 6.45) is 7.72. The maximum absolute atomic E-state index is 12.5. The minimum Gasteiger partial charge on any atom is -0.354 e. The quantitative estimate of drug-likeness (QED) is 0.759. The number of carbonyl (C=O) groups is 1. The summed E-state index contributed by atoms with van der Waals surface area (Å²) in [7, 11) is 0. The first-order valence-corrected chi connectivity index (χ1v) is 10.2. The smallest absolute Gasteiger partial charge is 0.235 e. The first kappa shape index (κ1) is 19.1. The van der Waals surface area contributed by atoms with Crippen LogP contribution in [0.3, 0.4) is 0 Å². The summed E-state index contributed by atoms with van der Waals surface area (Å²) in [4.78, 5) is 21.3. The zero-order chi connectivity index (χ0) is 18.4. The molecule has 0 atom stereocenters. The van der Waals surface area contributed by atoms with Crippen molar-refractivity contribution in [2.45, 2.75) is 44.1 Å². The van der Waals surface area contributed by atoms with Gasteiger partial charge in [-0.15, -0.1) is 0 Å². The minimum atomic E-state index is -0.656. The number of rotatable bonds is 4. The van der Waals surface area contributed by atoms with Gasteiger partial charge in [0.2, 0.25) is 5.91 Å². The lowest BCUT2D eigenvalue weighted by Gasteiger charge is -2.35. The molecule has 1 aliphatic carbocycles. The van der Waals surface area contributed by atoms with E-state index in [4.69, 9.17) is 0 Å². The predicted octanol–water partition coefficient (Wildman–Crippen LogP) is 2.70. The number of aromatic nitrogens is 1. The maximum Gasteiger partial charge on any atom is 0.235 e. The Morgan fingerprint density at radius 2 is 1.88 bits per heavy atom. The summed E-state index contributed by atoms with van der Waals surface area (Å²) < 4.78 is 0.974. The molecule has 0 aromatic carbocycles. The minimum absolute atomic E-state index is 0.0244. The van der Waals surface area contributed by atoms with E-state index in [1.165, 1.54) is 0 Å². The Morgan fingerprint density at radius 1 is 1.19 bits per heavy atom. The predicted molar refractivity (Wildman–Crippen MR) is 105 cm³/mol. The number of piperazine rings is 1. The Morgan fingerprint density at radius 3 is 2.46 bits per heavy atom. The molecule has 1 N–H and O–H groups in total. The van der Waals surface area contributed by atoms with Crippen LogP contribution in [-0.4, -0.2) is 54.1 Å². The molecular formula is C19H26BrN5O. The van der Waals surface area contributed by atoms with Crippen LogP contribution < -0.4 is 10.2 Å². The first-order chi connectivity index (χ1) is 12.6. The number of hydrogen-bond acceptors (Lipinski definition) is 5. The van der Waals surface area contributed by atoms with Crippen molar-refractivity contribution in [3.8, 4) is 6.07 Å². The Bertz CT molecular complexity index is 641. The highest BCUT2D eigenvalue weighted by Crippen LogP contribution is 2.26. The third-order valence-corrected chi connectivity index (χ3v) is 5.79. The van der Waals surface area contributed by atoms with Gasteiger partial charge in [0.05, 0.1) is 12.6 Å². The van der Waals surface area contributed by atoms with Crippen LogP contribution in [0, 0.1) is 11.3 Å². The lowest BCUT2D eigenvalue weighted by atomic mass is 9.92. The van der Waals surface area contributed by atoms with E-state index in [9.17, 15) is 10.1 Å². The van der Waals surface area contributed by atoms with Crippen LogP contribution in [0.5, 0.6) is 0 Å². The fourth-order valence-corrected chi connectivity index (χ4v) is 4.03. The van der Waals surface area contributed by atoms with Crippen molar-refractivity contribution in [3.63, 3.8) is 0 Å². The van der Waals surface area contributed by atoms with Crippen LogP contribution in [0.1, 0.15) is 38.5 Å². The molecule has 0 radical (unpaired) electrons. The maximum atomic E-state index is 12.5. The molecule has 6 nitrogen and oxygen atoms in total. The normalized spacial score (nSPS) is 20.8. The summed E-state index contributed by atoms with van der Waals surface area (Å²) >= 11 is 3.41. The van der Waals surface area contributed by atoms with Crippen molar-refractivity contribution in [1.29, 1.82) is 5.26 Å². The summed E-state index contributed by atoms with van der Waals surface area (Å²) in [5.41, 5.74) is -0.656. The fourth-order valence-electron chi connectivity index (χ4n) is 3.80. The van der Waals surface area contributed by atoms with E-state index in [1.807, 2.05) is 18.3 Å². The Labute approximate surface area is 163 Å². The van der Waals surface area contributed by atoms with Crippen molar-refractivity contribution in [2.24, 2.45) is 0 Å². The molecule has 26 heavy (non-hydrogen) atoms. The zero-order valence-corrected chi connectivity index (χ0v) is 16.7. The number of carbonyl (C=O) groups excluding carboxylic acids is 1. The Kier molecular flexibility index (Phi) is 6.49. The van der Waals surface area contributed by atoms with Gasteiger partial charge < -0.3 is 10.2 Å². The van der Waals surface area contributed by atoms with Crippen LogP contribution in [-0.2, 0) is 4.79 Å². The number of nitrogens with zero attached hydrogens (tertiary/aromatic N) is 4. The number of nitriles is 1. The van der Waals surface area contributed by atoms with Crippen LogP contribution in [0.25, 0.3) is 0 Å². The second kappa shape index (κ2) is 8.83. The fraction of sp³-hybridized carbons (Fsp3) is 0.632. The van der Waals surface area contributed by atoms with E-state index >= 15 is 0 Å². The van der Waals surface area contributed by atoms with Gasteiger partial charge in [-0.3, -0.25) is 9.69 Å². The van der Waals surface area contributed by atoms with E-state index in [-0.39, 0.29) is 5.91 Å². The highest BCUT2D eigenvalue weighted by molar-refractivity contribution is 9.10. The summed E-state index contributed by atoms with van der Waals surface area (Å²) in [6.45, 7) is 3.72. The Balaban J connectivity index is 1.48. The van der Waals surface area contributed by atoms with E-state index in [2.05, 4.69) is 42.1 Å². The SMILES string of the molecule is N#CC1(NC(=O)CN2CCN(c3ccc(Br)cn3)CC2)CCCCCC1. The highest BCUT2D eigenvalue weighted by atomic mass is 79.9. The van der Waals surface area contributed by atoms with E-state index < -0.39 is 5.54 Å². The van der Waals surface area contributed by atoms with E-state index in [1.54, 1.807) is 0 Å². The second-order valence-corrected chi connectivity index (χ2v) is 8.17. The van der Waals surface area contributed by atoms with Gasteiger partial charge in [0.25, 0.3) is 0 Å². The molecule has 1 aromatic heterocycles. The molecule has 1 amide bonds. The average molecular weight is 420 g/mol. The molecule has 7 heteroatoms.